The van der Waals surface area contributed by atoms with E-state index in [4.69, 9.17) is 16.3 Å². The van der Waals surface area contributed by atoms with Crippen LogP contribution < -0.4 is 5.32 Å². The number of nitrogens with one attached hydrogen (secondary N) is 1. The van der Waals surface area contributed by atoms with E-state index in [1.54, 1.807) is 0 Å². The van der Waals surface area contributed by atoms with Gasteiger partial charge in [-0.05, 0) is 30.5 Å². The Labute approximate surface area is 115 Å². The van der Waals surface area contributed by atoms with E-state index in [2.05, 4.69) is 19.2 Å². The van der Waals surface area contributed by atoms with Crippen molar-refractivity contribution in [2.75, 3.05) is 13.2 Å². The Morgan fingerprint density at radius 2 is 1.94 bits per heavy atom. The second-order valence-corrected chi connectivity index (χ2v) is 6.38. The third-order valence-corrected chi connectivity index (χ3v) is 3.37. The molecule has 0 amide bonds. The SMILES string of the molecule is CC(C)(CNC1CC1)COCc1ccc(Cl)cc1. The lowest BCUT2D eigenvalue weighted by molar-refractivity contribution is 0.0511. The molecule has 0 unspecified atom stereocenters. The van der Waals surface area contributed by atoms with Crippen LogP contribution in [-0.2, 0) is 11.3 Å². The van der Waals surface area contributed by atoms with Gasteiger partial charge < -0.3 is 10.1 Å². The van der Waals surface area contributed by atoms with E-state index in [1.165, 1.54) is 18.4 Å². The van der Waals surface area contributed by atoms with Crippen LogP contribution in [0.5, 0.6) is 0 Å². The topological polar surface area (TPSA) is 21.3 Å². The molecule has 1 N–H and O–H groups in total. The molecule has 0 spiro atoms. The Hall–Kier alpha value is -0.570. The first-order chi connectivity index (χ1) is 8.55. The fourth-order valence-electron chi connectivity index (χ4n) is 1.78. The molecule has 0 radical (unpaired) electrons. The highest BCUT2D eigenvalue weighted by atomic mass is 35.5. The molecule has 1 saturated carbocycles. The van der Waals surface area contributed by atoms with Crippen molar-refractivity contribution in [1.82, 2.24) is 5.32 Å². The minimum Gasteiger partial charge on any atom is -0.376 e. The summed E-state index contributed by atoms with van der Waals surface area (Å²) >= 11 is 5.85. The van der Waals surface area contributed by atoms with Gasteiger partial charge in [-0.25, -0.2) is 0 Å². The van der Waals surface area contributed by atoms with Crippen molar-refractivity contribution in [2.24, 2.45) is 5.41 Å². The van der Waals surface area contributed by atoms with E-state index in [0.717, 1.165) is 24.2 Å². The van der Waals surface area contributed by atoms with E-state index in [1.807, 2.05) is 24.3 Å². The molecular weight excluding hydrogens is 246 g/mol. The first kappa shape index (κ1) is 13.9. The predicted octanol–water partition coefficient (Wildman–Crippen LogP) is 3.63. The minimum absolute atomic E-state index is 0.189. The molecule has 1 fully saturated rings. The zero-order valence-corrected chi connectivity index (χ0v) is 12.0. The molecule has 0 saturated heterocycles. The Morgan fingerprint density at radius 3 is 2.56 bits per heavy atom. The number of hydrogen-bond donors (Lipinski definition) is 1. The van der Waals surface area contributed by atoms with Crippen LogP contribution in [0.3, 0.4) is 0 Å². The maximum atomic E-state index is 5.85. The highest BCUT2D eigenvalue weighted by molar-refractivity contribution is 6.30. The van der Waals surface area contributed by atoms with Crippen LogP contribution in [0.2, 0.25) is 5.02 Å². The molecule has 0 heterocycles. The van der Waals surface area contributed by atoms with Crippen LogP contribution in [0.1, 0.15) is 32.3 Å². The van der Waals surface area contributed by atoms with Gasteiger partial charge in [0.05, 0.1) is 13.2 Å². The molecule has 18 heavy (non-hydrogen) atoms. The summed E-state index contributed by atoms with van der Waals surface area (Å²) < 4.78 is 5.79. The summed E-state index contributed by atoms with van der Waals surface area (Å²) in [4.78, 5) is 0. The molecule has 100 valence electrons. The molecule has 1 aliphatic carbocycles. The summed E-state index contributed by atoms with van der Waals surface area (Å²) in [5.74, 6) is 0. The van der Waals surface area contributed by atoms with Crippen LogP contribution in [0, 0.1) is 5.41 Å². The number of ether oxygens (including phenoxy) is 1. The quantitative estimate of drug-likeness (QED) is 0.815. The maximum absolute atomic E-state index is 5.85. The highest BCUT2D eigenvalue weighted by Crippen LogP contribution is 2.22. The zero-order chi connectivity index (χ0) is 13.0. The van der Waals surface area contributed by atoms with Gasteiger partial charge in [0.2, 0.25) is 0 Å². The zero-order valence-electron chi connectivity index (χ0n) is 11.2. The number of rotatable bonds is 7. The van der Waals surface area contributed by atoms with Crippen molar-refractivity contribution in [3.63, 3.8) is 0 Å². The second kappa shape index (κ2) is 6.05. The average molecular weight is 268 g/mol. The molecule has 1 aromatic rings. The monoisotopic (exact) mass is 267 g/mol. The van der Waals surface area contributed by atoms with Gasteiger partial charge in [0.15, 0.2) is 0 Å². The first-order valence-electron chi connectivity index (χ1n) is 6.61. The summed E-state index contributed by atoms with van der Waals surface area (Å²) in [5, 5.41) is 4.33. The average Bonchev–Trinajstić information content (AvgIpc) is 3.13. The van der Waals surface area contributed by atoms with E-state index in [0.29, 0.717) is 6.61 Å². The molecule has 2 nitrogen and oxygen atoms in total. The van der Waals surface area contributed by atoms with Crippen molar-refractivity contribution in [3.8, 4) is 0 Å². The minimum atomic E-state index is 0.189. The first-order valence-corrected chi connectivity index (χ1v) is 6.99. The largest absolute Gasteiger partial charge is 0.376 e. The van der Waals surface area contributed by atoms with Crippen molar-refractivity contribution in [2.45, 2.75) is 39.3 Å². The summed E-state index contributed by atoms with van der Waals surface area (Å²) in [5.41, 5.74) is 1.36. The van der Waals surface area contributed by atoms with Gasteiger partial charge in [0, 0.05) is 23.0 Å². The fourth-order valence-corrected chi connectivity index (χ4v) is 1.91. The lowest BCUT2D eigenvalue weighted by atomic mass is 9.95. The third kappa shape index (κ3) is 4.97. The molecule has 3 heteroatoms. The normalized spacial score (nSPS) is 15.9. The standard InChI is InChI=1S/C15H22ClNO/c1-15(2,10-17-14-7-8-14)11-18-9-12-3-5-13(16)6-4-12/h3-6,14,17H,7-11H2,1-2H3. The van der Waals surface area contributed by atoms with Crippen LogP contribution in [0.25, 0.3) is 0 Å². The van der Waals surface area contributed by atoms with E-state index in [-0.39, 0.29) is 5.41 Å². The van der Waals surface area contributed by atoms with Gasteiger partial charge in [-0.2, -0.15) is 0 Å². The van der Waals surface area contributed by atoms with E-state index >= 15 is 0 Å². The van der Waals surface area contributed by atoms with Crippen LogP contribution in [-0.4, -0.2) is 19.2 Å². The summed E-state index contributed by atoms with van der Waals surface area (Å²) in [6, 6.07) is 8.59. The molecular formula is C15H22ClNO. The smallest absolute Gasteiger partial charge is 0.0717 e. The van der Waals surface area contributed by atoms with Crippen LogP contribution >= 0.6 is 11.6 Å². The molecule has 0 aromatic heterocycles. The number of hydrogen-bond acceptors (Lipinski definition) is 2. The van der Waals surface area contributed by atoms with Gasteiger partial charge >= 0.3 is 0 Å². The molecule has 0 bridgehead atoms. The van der Waals surface area contributed by atoms with Gasteiger partial charge in [0.25, 0.3) is 0 Å². The molecule has 0 atom stereocenters. The van der Waals surface area contributed by atoms with E-state index in [9.17, 15) is 0 Å². The molecule has 1 aromatic carbocycles. The molecule has 0 aliphatic heterocycles. The van der Waals surface area contributed by atoms with Crippen LogP contribution in [0.4, 0.5) is 0 Å². The van der Waals surface area contributed by atoms with Crippen molar-refractivity contribution in [1.29, 1.82) is 0 Å². The van der Waals surface area contributed by atoms with Gasteiger partial charge in [-0.15, -0.1) is 0 Å². The van der Waals surface area contributed by atoms with E-state index < -0.39 is 0 Å². The summed E-state index contributed by atoms with van der Waals surface area (Å²) in [6.07, 6.45) is 2.67. The van der Waals surface area contributed by atoms with Gasteiger partial charge in [0.1, 0.15) is 0 Å². The second-order valence-electron chi connectivity index (χ2n) is 5.94. The fraction of sp³-hybridized carbons (Fsp3) is 0.600. The Morgan fingerprint density at radius 1 is 1.28 bits per heavy atom. The van der Waals surface area contributed by atoms with Crippen LogP contribution in [0.15, 0.2) is 24.3 Å². The van der Waals surface area contributed by atoms with Gasteiger partial charge in [-0.1, -0.05) is 37.6 Å². The lowest BCUT2D eigenvalue weighted by Gasteiger charge is -2.25. The van der Waals surface area contributed by atoms with Crippen molar-refractivity contribution >= 4 is 11.6 Å². The highest BCUT2D eigenvalue weighted by Gasteiger charge is 2.25. The maximum Gasteiger partial charge on any atom is 0.0717 e. The van der Waals surface area contributed by atoms with Crippen molar-refractivity contribution in [3.05, 3.63) is 34.9 Å². The number of benzene rings is 1. The number of halogens is 1. The van der Waals surface area contributed by atoms with Crippen molar-refractivity contribution < 1.29 is 4.74 Å². The summed E-state index contributed by atoms with van der Waals surface area (Å²) in [7, 11) is 0. The predicted molar refractivity (Wildman–Crippen MR) is 75.9 cm³/mol. The molecule has 2 rings (SSSR count). The lowest BCUT2D eigenvalue weighted by Crippen LogP contribution is -2.34. The molecule has 1 aliphatic rings. The summed E-state index contributed by atoms with van der Waals surface area (Å²) in [6.45, 7) is 6.94. The Balaban J connectivity index is 1.68. The Kier molecular flexibility index (Phi) is 4.66. The van der Waals surface area contributed by atoms with Gasteiger partial charge in [-0.3, -0.25) is 0 Å². The Bertz CT molecular complexity index is 371. The third-order valence-electron chi connectivity index (χ3n) is 3.12.